The van der Waals surface area contributed by atoms with Crippen molar-refractivity contribution < 1.29 is 9.50 Å². The summed E-state index contributed by atoms with van der Waals surface area (Å²) in [5.74, 6) is -0.650. The molecule has 0 spiro atoms. The number of rotatable bonds is 4. The first-order valence-corrected chi connectivity index (χ1v) is 6.04. The molecule has 2 aromatic rings. The van der Waals surface area contributed by atoms with Gasteiger partial charge in [0.1, 0.15) is 0 Å². The van der Waals surface area contributed by atoms with Crippen LogP contribution in [0.5, 0.6) is 0 Å². The fourth-order valence-electron chi connectivity index (χ4n) is 1.47. The van der Waals surface area contributed by atoms with E-state index in [1.807, 2.05) is 0 Å². The molecule has 0 bridgehead atoms. The topological polar surface area (TPSA) is 50.9 Å². The summed E-state index contributed by atoms with van der Waals surface area (Å²) in [5.41, 5.74) is 1.27. The Bertz CT molecular complexity index is 536. The summed E-state index contributed by atoms with van der Waals surface area (Å²) in [5, 5.41) is 16.4. The number of nitrogens with zero attached hydrogens (tertiary/aromatic N) is 3. The second-order valence-corrected chi connectivity index (χ2v) is 4.52. The molecule has 18 heavy (non-hydrogen) atoms. The fourth-order valence-corrected chi connectivity index (χ4v) is 1.95. The van der Waals surface area contributed by atoms with Crippen molar-refractivity contribution in [1.82, 2.24) is 15.0 Å². The zero-order valence-electron chi connectivity index (χ0n) is 9.28. The van der Waals surface area contributed by atoms with E-state index in [9.17, 15) is 4.39 Å². The van der Waals surface area contributed by atoms with Crippen LogP contribution < -0.4 is 0 Å². The standard InChI is InChI=1S/C11H10Cl2FN3O/c12-9-4-8(5-10(13)11(9)14)17-6-7(15-16-17)2-1-3-18/h4-6,18H,1-3H2. The predicted octanol–water partition coefficient (Wildman–Crippen LogP) is 2.64. The highest BCUT2D eigenvalue weighted by molar-refractivity contribution is 6.35. The maximum Gasteiger partial charge on any atom is 0.160 e. The van der Waals surface area contributed by atoms with Crippen LogP contribution in [-0.4, -0.2) is 26.7 Å². The van der Waals surface area contributed by atoms with E-state index in [2.05, 4.69) is 10.3 Å². The minimum Gasteiger partial charge on any atom is -0.396 e. The molecule has 0 saturated heterocycles. The molecule has 4 nitrogen and oxygen atoms in total. The average molecular weight is 290 g/mol. The Morgan fingerprint density at radius 2 is 1.94 bits per heavy atom. The molecule has 0 aliphatic heterocycles. The van der Waals surface area contributed by atoms with Crippen LogP contribution in [-0.2, 0) is 6.42 Å². The molecular weight excluding hydrogens is 280 g/mol. The molecular formula is C11H10Cl2FN3O. The Balaban J connectivity index is 2.28. The third-order valence-corrected chi connectivity index (χ3v) is 2.92. The van der Waals surface area contributed by atoms with Gasteiger partial charge in [0.15, 0.2) is 5.82 Å². The van der Waals surface area contributed by atoms with Gasteiger partial charge in [-0.25, -0.2) is 9.07 Å². The SMILES string of the molecule is OCCCc1cn(-c2cc(Cl)c(F)c(Cl)c2)nn1. The van der Waals surface area contributed by atoms with E-state index in [0.717, 1.165) is 5.69 Å². The summed E-state index contributed by atoms with van der Waals surface area (Å²) in [7, 11) is 0. The largest absolute Gasteiger partial charge is 0.396 e. The summed E-state index contributed by atoms with van der Waals surface area (Å²) in [6.45, 7) is 0.0983. The van der Waals surface area contributed by atoms with Gasteiger partial charge in [-0.2, -0.15) is 0 Å². The van der Waals surface area contributed by atoms with E-state index in [4.69, 9.17) is 28.3 Å². The van der Waals surface area contributed by atoms with Crippen molar-refractivity contribution in [3.8, 4) is 5.69 Å². The molecule has 0 atom stereocenters. The Morgan fingerprint density at radius 1 is 1.28 bits per heavy atom. The molecule has 1 aromatic heterocycles. The number of halogens is 3. The predicted molar refractivity (Wildman–Crippen MR) is 66.7 cm³/mol. The highest BCUT2D eigenvalue weighted by Crippen LogP contribution is 2.26. The molecule has 2 rings (SSSR count). The third-order valence-electron chi connectivity index (χ3n) is 2.36. The summed E-state index contributed by atoms with van der Waals surface area (Å²) in [6.07, 6.45) is 2.93. The van der Waals surface area contributed by atoms with Gasteiger partial charge >= 0.3 is 0 Å². The van der Waals surface area contributed by atoms with Crippen molar-refractivity contribution in [1.29, 1.82) is 0 Å². The number of benzene rings is 1. The Hall–Kier alpha value is -1.17. The second kappa shape index (κ2) is 5.65. The molecule has 0 radical (unpaired) electrons. The first-order chi connectivity index (χ1) is 8.61. The molecule has 96 valence electrons. The Morgan fingerprint density at radius 3 is 2.56 bits per heavy atom. The van der Waals surface area contributed by atoms with E-state index in [-0.39, 0.29) is 16.7 Å². The number of aromatic nitrogens is 3. The first kappa shape index (κ1) is 13.3. The number of aryl methyl sites for hydroxylation is 1. The average Bonchev–Trinajstić information content (AvgIpc) is 2.81. The monoisotopic (exact) mass is 289 g/mol. The van der Waals surface area contributed by atoms with Gasteiger partial charge in [0.25, 0.3) is 0 Å². The highest BCUT2D eigenvalue weighted by Gasteiger charge is 2.10. The molecule has 0 fully saturated rings. The van der Waals surface area contributed by atoms with E-state index in [1.54, 1.807) is 6.20 Å². The maximum absolute atomic E-state index is 13.3. The molecule has 0 saturated carbocycles. The molecule has 0 aliphatic rings. The van der Waals surface area contributed by atoms with Crippen LogP contribution in [0.4, 0.5) is 4.39 Å². The van der Waals surface area contributed by atoms with Crippen LogP contribution in [0, 0.1) is 5.82 Å². The van der Waals surface area contributed by atoms with Crippen LogP contribution in [0.1, 0.15) is 12.1 Å². The molecule has 7 heteroatoms. The minimum atomic E-state index is -0.650. The zero-order chi connectivity index (χ0) is 13.1. The molecule has 1 N–H and O–H groups in total. The van der Waals surface area contributed by atoms with E-state index >= 15 is 0 Å². The molecule has 0 amide bonds. The quantitative estimate of drug-likeness (QED) is 0.881. The van der Waals surface area contributed by atoms with E-state index in [1.165, 1.54) is 16.8 Å². The van der Waals surface area contributed by atoms with Crippen molar-refractivity contribution in [2.75, 3.05) is 6.61 Å². The lowest BCUT2D eigenvalue weighted by atomic mass is 10.2. The summed E-state index contributed by atoms with van der Waals surface area (Å²) in [6, 6.07) is 2.85. The van der Waals surface area contributed by atoms with Crippen LogP contribution in [0.3, 0.4) is 0 Å². The van der Waals surface area contributed by atoms with Gasteiger partial charge in [-0.05, 0) is 25.0 Å². The van der Waals surface area contributed by atoms with Gasteiger partial charge in [-0.1, -0.05) is 28.4 Å². The van der Waals surface area contributed by atoms with Gasteiger partial charge < -0.3 is 5.11 Å². The summed E-state index contributed by atoms with van der Waals surface area (Å²) in [4.78, 5) is 0. The molecule has 0 aliphatic carbocycles. The smallest absolute Gasteiger partial charge is 0.160 e. The number of aliphatic hydroxyl groups is 1. The molecule has 0 unspecified atom stereocenters. The van der Waals surface area contributed by atoms with Crippen LogP contribution in [0.25, 0.3) is 5.69 Å². The Labute approximate surface area is 113 Å². The minimum absolute atomic E-state index is 0.0649. The van der Waals surface area contributed by atoms with Gasteiger partial charge in [-0.3, -0.25) is 0 Å². The van der Waals surface area contributed by atoms with Crippen molar-refractivity contribution in [2.45, 2.75) is 12.8 Å². The van der Waals surface area contributed by atoms with Crippen molar-refractivity contribution >= 4 is 23.2 Å². The van der Waals surface area contributed by atoms with Crippen molar-refractivity contribution in [2.24, 2.45) is 0 Å². The van der Waals surface area contributed by atoms with Crippen molar-refractivity contribution in [3.63, 3.8) is 0 Å². The lowest BCUT2D eigenvalue weighted by molar-refractivity contribution is 0.288. The van der Waals surface area contributed by atoms with Crippen LogP contribution >= 0.6 is 23.2 Å². The van der Waals surface area contributed by atoms with Gasteiger partial charge in [-0.15, -0.1) is 5.10 Å². The fraction of sp³-hybridized carbons (Fsp3) is 0.273. The number of aliphatic hydroxyl groups excluding tert-OH is 1. The maximum atomic E-state index is 13.3. The van der Waals surface area contributed by atoms with E-state index in [0.29, 0.717) is 18.5 Å². The zero-order valence-corrected chi connectivity index (χ0v) is 10.8. The summed E-state index contributed by atoms with van der Waals surface area (Å²) < 4.78 is 14.7. The molecule has 1 aromatic carbocycles. The normalized spacial score (nSPS) is 10.9. The number of hydrogen-bond acceptors (Lipinski definition) is 3. The Kier molecular flexibility index (Phi) is 4.16. The highest BCUT2D eigenvalue weighted by atomic mass is 35.5. The second-order valence-electron chi connectivity index (χ2n) is 3.71. The molecule has 1 heterocycles. The number of hydrogen-bond donors (Lipinski definition) is 1. The van der Waals surface area contributed by atoms with Gasteiger partial charge in [0.05, 0.1) is 27.6 Å². The third kappa shape index (κ3) is 2.80. The van der Waals surface area contributed by atoms with Crippen molar-refractivity contribution in [3.05, 3.63) is 39.9 Å². The van der Waals surface area contributed by atoms with Crippen LogP contribution in [0.2, 0.25) is 10.0 Å². The summed E-state index contributed by atoms with van der Waals surface area (Å²) >= 11 is 11.4. The van der Waals surface area contributed by atoms with E-state index < -0.39 is 5.82 Å². The van der Waals surface area contributed by atoms with Gasteiger partial charge in [0.2, 0.25) is 0 Å². The van der Waals surface area contributed by atoms with Gasteiger partial charge in [0, 0.05) is 6.61 Å². The lowest BCUT2D eigenvalue weighted by Gasteiger charge is -2.03. The lowest BCUT2D eigenvalue weighted by Crippen LogP contribution is -1.96. The first-order valence-electron chi connectivity index (χ1n) is 5.29. The van der Waals surface area contributed by atoms with Crippen LogP contribution in [0.15, 0.2) is 18.3 Å².